The second-order valence-electron chi connectivity index (χ2n) is 6.17. The number of rotatable bonds is 6. The van der Waals surface area contributed by atoms with E-state index in [4.69, 9.17) is 33.0 Å². The number of hydrogen-bond donors (Lipinski definition) is 1. The predicted octanol–water partition coefficient (Wildman–Crippen LogP) is 6.33. The Kier molecular flexibility index (Phi) is 6.34. The van der Waals surface area contributed by atoms with E-state index in [0.717, 1.165) is 22.4 Å². The van der Waals surface area contributed by atoms with E-state index in [1.807, 2.05) is 31.2 Å². The van der Waals surface area contributed by atoms with Gasteiger partial charge in [0.25, 0.3) is 0 Å². The number of aromatic carboxylic acids is 1. The largest absolute Gasteiger partial charge is 0.487 e. The summed E-state index contributed by atoms with van der Waals surface area (Å²) in [6.07, 6.45) is 1.72. The van der Waals surface area contributed by atoms with Gasteiger partial charge in [-0.05, 0) is 66.1 Å². The SMILES string of the molecule is Cc1ccc(Cl)cc1N=Cc1ccc(OCc2ccc(C(=O)O)cc2)c(Cl)c1. The van der Waals surface area contributed by atoms with E-state index in [1.165, 1.54) is 0 Å². The monoisotopic (exact) mass is 413 g/mol. The molecule has 4 nitrogen and oxygen atoms in total. The number of halogens is 2. The maximum absolute atomic E-state index is 10.9. The Labute approximate surface area is 173 Å². The molecule has 0 fully saturated rings. The third-order valence-corrected chi connectivity index (χ3v) is 4.61. The molecule has 0 aliphatic carbocycles. The Morgan fingerprint density at radius 3 is 2.50 bits per heavy atom. The second kappa shape index (κ2) is 8.91. The van der Waals surface area contributed by atoms with Gasteiger partial charge in [-0.1, -0.05) is 41.4 Å². The van der Waals surface area contributed by atoms with Gasteiger partial charge in [-0.15, -0.1) is 0 Å². The fourth-order valence-corrected chi connectivity index (χ4v) is 2.89. The van der Waals surface area contributed by atoms with Crippen LogP contribution < -0.4 is 4.74 Å². The molecule has 0 saturated carbocycles. The highest BCUT2D eigenvalue weighted by molar-refractivity contribution is 6.32. The lowest BCUT2D eigenvalue weighted by Crippen LogP contribution is -1.99. The molecule has 0 bridgehead atoms. The Bertz CT molecular complexity index is 1030. The van der Waals surface area contributed by atoms with Gasteiger partial charge in [0.1, 0.15) is 12.4 Å². The summed E-state index contributed by atoms with van der Waals surface area (Å²) in [6.45, 7) is 2.25. The van der Waals surface area contributed by atoms with Crippen LogP contribution in [-0.4, -0.2) is 17.3 Å². The number of nitrogens with zero attached hydrogens (tertiary/aromatic N) is 1. The lowest BCUT2D eigenvalue weighted by molar-refractivity contribution is 0.0697. The van der Waals surface area contributed by atoms with Crippen LogP contribution in [0.25, 0.3) is 0 Å². The van der Waals surface area contributed by atoms with E-state index < -0.39 is 5.97 Å². The molecule has 142 valence electrons. The lowest BCUT2D eigenvalue weighted by Gasteiger charge is -2.09. The van der Waals surface area contributed by atoms with E-state index in [0.29, 0.717) is 15.8 Å². The fraction of sp³-hybridized carbons (Fsp3) is 0.0909. The van der Waals surface area contributed by atoms with Gasteiger partial charge in [0.2, 0.25) is 0 Å². The highest BCUT2D eigenvalue weighted by Crippen LogP contribution is 2.27. The summed E-state index contributed by atoms with van der Waals surface area (Å²) in [5, 5.41) is 10.0. The number of carbonyl (C=O) groups is 1. The van der Waals surface area contributed by atoms with Crippen LogP contribution in [0.15, 0.2) is 65.7 Å². The van der Waals surface area contributed by atoms with E-state index in [2.05, 4.69) is 4.99 Å². The number of benzene rings is 3. The minimum atomic E-state index is -0.958. The Hall–Kier alpha value is -2.82. The van der Waals surface area contributed by atoms with Crippen LogP contribution in [0.3, 0.4) is 0 Å². The lowest BCUT2D eigenvalue weighted by atomic mass is 10.1. The maximum atomic E-state index is 10.9. The van der Waals surface area contributed by atoms with Gasteiger partial charge >= 0.3 is 5.97 Å². The molecular weight excluding hydrogens is 397 g/mol. The molecule has 0 aliphatic heterocycles. The van der Waals surface area contributed by atoms with Crippen molar-refractivity contribution in [1.82, 2.24) is 0 Å². The van der Waals surface area contributed by atoms with Gasteiger partial charge in [0.05, 0.1) is 16.3 Å². The summed E-state index contributed by atoms with van der Waals surface area (Å²) in [5.41, 5.74) is 3.75. The van der Waals surface area contributed by atoms with Crippen molar-refractivity contribution in [1.29, 1.82) is 0 Å². The summed E-state index contributed by atoms with van der Waals surface area (Å²) in [6, 6.07) is 17.5. The smallest absolute Gasteiger partial charge is 0.335 e. The Balaban J connectivity index is 1.67. The Morgan fingerprint density at radius 2 is 1.82 bits per heavy atom. The molecule has 0 saturated heterocycles. The third-order valence-electron chi connectivity index (χ3n) is 4.08. The zero-order valence-electron chi connectivity index (χ0n) is 15.0. The van der Waals surface area contributed by atoms with E-state index in [9.17, 15) is 4.79 Å². The quantitative estimate of drug-likeness (QED) is 0.480. The first-order chi connectivity index (χ1) is 13.4. The van der Waals surface area contributed by atoms with Crippen molar-refractivity contribution < 1.29 is 14.6 Å². The van der Waals surface area contributed by atoms with Gasteiger partial charge in [0, 0.05) is 11.2 Å². The predicted molar refractivity (Wildman–Crippen MR) is 113 cm³/mol. The molecule has 0 unspecified atom stereocenters. The summed E-state index contributed by atoms with van der Waals surface area (Å²) in [5.74, 6) is -0.416. The number of carboxylic acids is 1. The molecule has 28 heavy (non-hydrogen) atoms. The molecule has 3 aromatic rings. The van der Waals surface area contributed by atoms with Crippen molar-refractivity contribution in [2.24, 2.45) is 4.99 Å². The van der Waals surface area contributed by atoms with Crippen molar-refractivity contribution in [3.05, 3.63) is 93.0 Å². The molecule has 0 radical (unpaired) electrons. The van der Waals surface area contributed by atoms with Crippen molar-refractivity contribution in [3.8, 4) is 5.75 Å². The molecule has 0 amide bonds. The average molecular weight is 414 g/mol. The maximum Gasteiger partial charge on any atom is 0.335 e. The molecule has 0 aromatic heterocycles. The van der Waals surface area contributed by atoms with Gasteiger partial charge in [0.15, 0.2) is 0 Å². The van der Waals surface area contributed by atoms with Gasteiger partial charge in [-0.3, -0.25) is 4.99 Å². The number of carboxylic acid groups (broad SMARTS) is 1. The molecule has 0 heterocycles. The topological polar surface area (TPSA) is 58.9 Å². The van der Waals surface area contributed by atoms with Gasteiger partial charge in [-0.25, -0.2) is 4.79 Å². The standard InChI is InChI=1S/C22H17Cl2NO3/c1-14-2-8-18(23)11-20(14)25-12-16-5-9-21(19(24)10-16)28-13-15-3-6-17(7-4-15)22(26)27/h2-12H,13H2,1H3,(H,26,27). The average Bonchev–Trinajstić information content (AvgIpc) is 2.68. The highest BCUT2D eigenvalue weighted by atomic mass is 35.5. The molecule has 1 N–H and O–H groups in total. The molecule has 6 heteroatoms. The molecule has 0 spiro atoms. The Morgan fingerprint density at radius 1 is 1.07 bits per heavy atom. The van der Waals surface area contributed by atoms with Crippen LogP contribution in [0.1, 0.15) is 27.0 Å². The zero-order chi connectivity index (χ0) is 20.1. The molecule has 3 rings (SSSR count). The van der Waals surface area contributed by atoms with Crippen molar-refractivity contribution in [3.63, 3.8) is 0 Å². The third kappa shape index (κ3) is 5.12. The number of hydrogen-bond acceptors (Lipinski definition) is 3. The van der Waals surface area contributed by atoms with Crippen molar-refractivity contribution in [2.75, 3.05) is 0 Å². The van der Waals surface area contributed by atoms with Crippen LogP contribution in [0, 0.1) is 6.92 Å². The van der Waals surface area contributed by atoms with Crippen molar-refractivity contribution in [2.45, 2.75) is 13.5 Å². The first-order valence-electron chi connectivity index (χ1n) is 8.47. The molecule has 0 aliphatic rings. The van der Waals surface area contributed by atoms with Crippen molar-refractivity contribution >= 4 is 41.1 Å². The van der Waals surface area contributed by atoms with Gasteiger partial charge in [-0.2, -0.15) is 0 Å². The van der Waals surface area contributed by atoms with E-state index in [1.54, 1.807) is 42.6 Å². The highest BCUT2D eigenvalue weighted by Gasteiger charge is 2.05. The van der Waals surface area contributed by atoms with Crippen LogP contribution in [-0.2, 0) is 6.61 Å². The summed E-state index contributed by atoms with van der Waals surface area (Å²) >= 11 is 12.3. The summed E-state index contributed by atoms with van der Waals surface area (Å²) in [4.78, 5) is 15.3. The van der Waals surface area contributed by atoms with Crippen LogP contribution >= 0.6 is 23.2 Å². The van der Waals surface area contributed by atoms with Crippen LogP contribution in [0.2, 0.25) is 10.0 Å². The molecule has 3 aromatic carbocycles. The molecule has 0 atom stereocenters. The summed E-state index contributed by atoms with van der Waals surface area (Å²) in [7, 11) is 0. The zero-order valence-corrected chi connectivity index (χ0v) is 16.5. The van der Waals surface area contributed by atoms with Crippen LogP contribution in [0.5, 0.6) is 5.75 Å². The van der Waals surface area contributed by atoms with E-state index >= 15 is 0 Å². The first kappa shape index (κ1) is 19.9. The number of aryl methyl sites for hydroxylation is 1. The molecular formula is C22H17Cl2NO3. The number of ether oxygens (including phenoxy) is 1. The minimum absolute atomic E-state index is 0.236. The number of aliphatic imine (C=N–C) groups is 1. The minimum Gasteiger partial charge on any atom is -0.487 e. The van der Waals surface area contributed by atoms with Crippen LogP contribution in [0.4, 0.5) is 5.69 Å². The first-order valence-corrected chi connectivity index (χ1v) is 9.23. The fourth-order valence-electron chi connectivity index (χ4n) is 2.48. The second-order valence-corrected chi connectivity index (χ2v) is 7.01. The van der Waals surface area contributed by atoms with Gasteiger partial charge < -0.3 is 9.84 Å². The summed E-state index contributed by atoms with van der Waals surface area (Å²) < 4.78 is 5.73. The normalized spacial score (nSPS) is 11.0. The van der Waals surface area contributed by atoms with E-state index in [-0.39, 0.29) is 12.2 Å².